The molecule has 0 aliphatic carbocycles. The van der Waals surface area contributed by atoms with Crippen LogP contribution in [0.3, 0.4) is 0 Å². The monoisotopic (exact) mass is 423 g/mol. The molecule has 0 saturated heterocycles. The highest BCUT2D eigenvalue weighted by atomic mass is 127. The smallest absolute Gasteiger partial charge is 0.333 e. The molecule has 98 valence electrons. The quantitative estimate of drug-likeness (QED) is 0.442. The van der Waals surface area contributed by atoms with Crippen molar-refractivity contribution < 1.29 is 9.53 Å². The van der Waals surface area contributed by atoms with Crippen LogP contribution >= 0.6 is 38.5 Å². The van der Waals surface area contributed by atoms with E-state index in [0.717, 1.165) is 13.7 Å². The molecule has 18 heavy (non-hydrogen) atoms. The number of carbonyl (C=O) groups excluding carboxylic acids is 1. The summed E-state index contributed by atoms with van der Waals surface area (Å²) in [7, 11) is 1.40. The van der Waals surface area contributed by atoms with E-state index in [9.17, 15) is 4.79 Å². The van der Waals surface area contributed by atoms with E-state index in [0.29, 0.717) is 18.5 Å². The van der Waals surface area contributed by atoms with E-state index >= 15 is 0 Å². The molecule has 0 radical (unpaired) electrons. The van der Waals surface area contributed by atoms with Crippen LogP contribution in [0, 0.1) is 3.57 Å². The van der Waals surface area contributed by atoms with E-state index < -0.39 is 0 Å². The molecule has 1 rings (SSSR count). The molecule has 1 aromatic rings. The normalized spacial score (nSPS) is 11.2. The molecule has 0 atom stereocenters. The summed E-state index contributed by atoms with van der Waals surface area (Å²) in [6.45, 7) is 2.53. The largest absolute Gasteiger partial charge is 0.466 e. The van der Waals surface area contributed by atoms with Gasteiger partial charge in [-0.05, 0) is 63.1 Å². The summed E-state index contributed by atoms with van der Waals surface area (Å²) in [6, 6.07) is 6.06. The van der Waals surface area contributed by atoms with Gasteiger partial charge in [0.15, 0.2) is 0 Å². The summed E-state index contributed by atoms with van der Waals surface area (Å²) in [6.07, 6.45) is 2.53. The average molecular weight is 424 g/mol. The number of hydrogen-bond donors (Lipinski definition) is 1. The van der Waals surface area contributed by atoms with Crippen LogP contribution in [0.25, 0.3) is 0 Å². The molecule has 0 bridgehead atoms. The molecule has 5 heteroatoms. The Hall–Kier alpha value is -0.560. The van der Waals surface area contributed by atoms with E-state index in [-0.39, 0.29) is 5.97 Å². The zero-order chi connectivity index (χ0) is 13.5. The lowest BCUT2D eigenvalue weighted by Gasteiger charge is -2.08. The van der Waals surface area contributed by atoms with Crippen molar-refractivity contribution in [1.29, 1.82) is 0 Å². The SMILES string of the molecule is CC/C(=C/CNc1cc(I)ccc1Br)C(=O)OC. The zero-order valence-electron chi connectivity index (χ0n) is 10.3. The standard InChI is InChI=1S/C13H15BrINO2/c1-3-9(13(17)18-2)6-7-16-12-8-10(15)4-5-11(12)14/h4-6,8,16H,3,7H2,1-2H3/b9-6-. The Balaban J connectivity index is 2.67. The maximum atomic E-state index is 11.4. The predicted octanol–water partition coefficient (Wildman–Crippen LogP) is 3.98. The predicted molar refractivity (Wildman–Crippen MR) is 85.7 cm³/mol. The van der Waals surface area contributed by atoms with Crippen LogP contribution in [0.4, 0.5) is 5.69 Å². The molecule has 0 saturated carbocycles. The number of carbonyl (C=O) groups is 1. The maximum Gasteiger partial charge on any atom is 0.333 e. The molecule has 0 heterocycles. The molecule has 1 aromatic carbocycles. The van der Waals surface area contributed by atoms with E-state index in [1.54, 1.807) is 0 Å². The summed E-state index contributed by atoms with van der Waals surface area (Å²) in [4.78, 5) is 11.4. The fourth-order valence-electron chi connectivity index (χ4n) is 1.42. The van der Waals surface area contributed by atoms with Gasteiger partial charge < -0.3 is 10.1 Å². The number of anilines is 1. The highest BCUT2D eigenvalue weighted by Gasteiger charge is 2.06. The van der Waals surface area contributed by atoms with Gasteiger partial charge in [-0.3, -0.25) is 0 Å². The maximum absolute atomic E-state index is 11.4. The van der Waals surface area contributed by atoms with Gasteiger partial charge in [0, 0.05) is 25.8 Å². The fraction of sp³-hybridized carbons (Fsp3) is 0.308. The number of halogens is 2. The highest BCUT2D eigenvalue weighted by Crippen LogP contribution is 2.24. The minimum Gasteiger partial charge on any atom is -0.466 e. The molecule has 0 amide bonds. The molecule has 0 spiro atoms. The summed E-state index contributed by atoms with van der Waals surface area (Å²) in [5.74, 6) is -0.263. The molecule has 0 aromatic heterocycles. The van der Waals surface area contributed by atoms with Crippen LogP contribution in [0.15, 0.2) is 34.3 Å². The highest BCUT2D eigenvalue weighted by molar-refractivity contribution is 14.1. The van der Waals surface area contributed by atoms with Crippen molar-refractivity contribution >= 4 is 50.2 Å². The lowest BCUT2D eigenvalue weighted by molar-refractivity contribution is -0.136. The molecule has 0 aliphatic heterocycles. The van der Waals surface area contributed by atoms with Gasteiger partial charge in [-0.1, -0.05) is 13.0 Å². The van der Waals surface area contributed by atoms with Gasteiger partial charge in [0.2, 0.25) is 0 Å². The Kier molecular flexibility index (Phi) is 6.70. The van der Waals surface area contributed by atoms with E-state index in [1.165, 1.54) is 7.11 Å². The lowest BCUT2D eigenvalue weighted by atomic mass is 10.2. The average Bonchev–Trinajstić information content (AvgIpc) is 2.37. The van der Waals surface area contributed by atoms with Crippen molar-refractivity contribution in [2.75, 3.05) is 19.0 Å². The van der Waals surface area contributed by atoms with Gasteiger partial charge in [-0.2, -0.15) is 0 Å². The van der Waals surface area contributed by atoms with Crippen LogP contribution in [0.5, 0.6) is 0 Å². The Morgan fingerprint density at radius 1 is 1.56 bits per heavy atom. The Morgan fingerprint density at radius 3 is 2.89 bits per heavy atom. The van der Waals surface area contributed by atoms with Crippen molar-refractivity contribution in [3.05, 3.63) is 37.9 Å². The molecule has 0 unspecified atom stereocenters. The summed E-state index contributed by atoms with van der Waals surface area (Å²) >= 11 is 5.74. The summed E-state index contributed by atoms with van der Waals surface area (Å²) < 4.78 is 6.87. The van der Waals surface area contributed by atoms with E-state index in [1.807, 2.05) is 31.2 Å². The topological polar surface area (TPSA) is 38.3 Å². The van der Waals surface area contributed by atoms with Crippen LogP contribution in [-0.2, 0) is 9.53 Å². The third kappa shape index (κ3) is 4.61. The van der Waals surface area contributed by atoms with Crippen LogP contribution in [0.1, 0.15) is 13.3 Å². The summed E-state index contributed by atoms with van der Waals surface area (Å²) in [5.41, 5.74) is 1.70. The fourth-order valence-corrected chi connectivity index (χ4v) is 2.30. The number of rotatable bonds is 5. The van der Waals surface area contributed by atoms with Gasteiger partial charge in [0.25, 0.3) is 0 Å². The van der Waals surface area contributed by atoms with Crippen LogP contribution < -0.4 is 5.32 Å². The molecule has 0 aliphatic rings. The van der Waals surface area contributed by atoms with Gasteiger partial charge in [0.05, 0.1) is 7.11 Å². The molecule has 0 fully saturated rings. The van der Waals surface area contributed by atoms with Crippen molar-refractivity contribution in [2.24, 2.45) is 0 Å². The number of benzene rings is 1. The number of ether oxygens (including phenoxy) is 1. The Labute approximate surface area is 129 Å². The second-order valence-corrected chi connectivity index (χ2v) is 5.68. The minimum absolute atomic E-state index is 0.263. The summed E-state index contributed by atoms with van der Waals surface area (Å²) in [5, 5.41) is 3.26. The molecular weight excluding hydrogens is 409 g/mol. The number of nitrogens with one attached hydrogen (secondary N) is 1. The van der Waals surface area contributed by atoms with Crippen LogP contribution in [-0.4, -0.2) is 19.6 Å². The molecule has 3 nitrogen and oxygen atoms in total. The van der Waals surface area contributed by atoms with Crippen molar-refractivity contribution in [3.8, 4) is 0 Å². The number of methoxy groups -OCH3 is 1. The van der Waals surface area contributed by atoms with Crippen molar-refractivity contribution in [1.82, 2.24) is 0 Å². The number of esters is 1. The Morgan fingerprint density at radius 2 is 2.28 bits per heavy atom. The zero-order valence-corrected chi connectivity index (χ0v) is 14.0. The third-order valence-electron chi connectivity index (χ3n) is 2.40. The first-order valence-electron chi connectivity index (χ1n) is 5.54. The van der Waals surface area contributed by atoms with E-state index in [2.05, 4.69) is 43.8 Å². The second kappa shape index (κ2) is 7.78. The second-order valence-electron chi connectivity index (χ2n) is 3.58. The van der Waals surface area contributed by atoms with Crippen LogP contribution in [0.2, 0.25) is 0 Å². The Bertz CT molecular complexity index is 460. The minimum atomic E-state index is -0.263. The molecule has 1 N–H and O–H groups in total. The van der Waals surface area contributed by atoms with Gasteiger partial charge in [-0.15, -0.1) is 0 Å². The first-order chi connectivity index (χ1) is 8.58. The van der Waals surface area contributed by atoms with Crippen molar-refractivity contribution in [2.45, 2.75) is 13.3 Å². The number of hydrogen-bond acceptors (Lipinski definition) is 3. The first-order valence-corrected chi connectivity index (χ1v) is 7.42. The van der Waals surface area contributed by atoms with Crippen molar-refractivity contribution in [3.63, 3.8) is 0 Å². The van der Waals surface area contributed by atoms with Gasteiger partial charge in [0.1, 0.15) is 0 Å². The lowest BCUT2D eigenvalue weighted by Crippen LogP contribution is -2.07. The van der Waals surface area contributed by atoms with E-state index in [4.69, 9.17) is 4.74 Å². The third-order valence-corrected chi connectivity index (χ3v) is 3.76. The van der Waals surface area contributed by atoms with Gasteiger partial charge >= 0.3 is 5.97 Å². The van der Waals surface area contributed by atoms with Gasteiger partial charge in [-0.25, -0.2) is 4.79 Å². The molecular formula is C13H15BrINO2. The first kappa shape index (κ1) is 15.5.